The van der Waals surface area contributed by atoms with Crippen molar-refractivity contribution in [2.45, 2.75) is 13.0 Å². The molecule has 19 heavy (non-hydrogen) atoms. The summed E-state index contributed by atoms with van der Waals surface area (Å²) in [5.41, 5.74) is 4.17. The molecular weight excluding hydrogens is 314 g/mol. The summed E-state index contributed by atoms with van der Waals surface area (Å²) in [6.07, 6.45) is 0. The van der Waals surface area contributed by atoms with Crippen molar-refractivity contribution in [2.75, 3.05) is 0 Å². The van der Waals surface area contributed by atoms with Crippen LogP contribution in [0.4, 0.5) is 8.78 Å². The van der Waals surface area contributed by atoms with Crippen LogP contribution in [0.2, 0.25) is 0 Å². The molecule has 2 nitrogen and oxygen atoms in total. The Morgan fingerprint density at radius 1 is 1.11 bits per heavy atom. The summed E-state index contributed by atoms with van der Waals surface area (Å²) in [6.45, 7) is 1.66. The molecule has 100 valence electrons. The van der Waals surface area contributed by atoms with Gasteiger partial charge in [0.2, 0.25) is 0 Å². The number of hydrogen-bond donors (Lipinski definition) is 2. The normalized spacial score (nSPS) is 12.5. The molecule has 1 unspecified atom stereocenters. The summed E-state index contributed by atoms with van der Waals surface area (Å²) in [5, 5.41) is 0. The molecule has 0 saturated heterocycles. The van der Waals surface area contributed by atoms with E-state index in [2.05, 4.69) is 21.4 Å². The first-order chi connectivity index (χ1) is 9.02. The first-order valence-corrected chi connectivity index (χ1v) is 6.49. The van der Waals surface area contributed by atoms with Gasteiger partial charge >= 0.3 is 0 Å². The summed E-state index contributed by atoms with van der Waals surface area (Å²) < 4.78 is 27.9. The van der Waals surface area contributed by atoms with Crippen molar-refractivity contribution in [3.63, 3.8) is 0 Å². The number of hydrazine groups is 1. The number of aryl methyl sites for hydroxylation is 1. The lowest BCUT2D eigenvalue weighted by molar-refractivity contribution is 0.557. The number of halogens is 3. The Kier molecular flexibility index (Phi) is 4.29. The molecular formula is C14H13BrF2N2. The van der Waals surface area contributed by atoms with Gasteiger partial charge in [0.1, 0.15) is 11.6 Å². The quantitative estimate of drug-likeness (QED) is 0.668. The standard InChI is InChI=1S/C14H13BrF2N2/c1-8-6-9(2-4-12(8)16)14(19-18)11-7-10(15)3-5-13(11)17/h2-7,14,19H,18H2,1H3. The molecule has 5 heteroatoms. The van der Waals surface area contributed by atoms with Crippen LogP contribution < -0.4 is 11.3 Å². The average Bonchev–Trinajstić information content (AvgIpc) is 2.38. The average molecular weight is 327 g/mol. The first-order valence-electron chi connectivity index (χ1n) is 5.70. The second-order valence-corrected chi connectivity index (χ2v) is 5.19. The number of nitrogens with two attached hydrogens (primary N) is 1. The highest BCUT2D eigenvalue weighted by molar-refractivity contribution is 9.10. The summed E-state index contributed by atoms with van der Waals surface area (Å²) in [6, 6.07) is 8.69. The van der Waals surface area contributed by atoms with E-state index < -0.39 is 6.04 Å². The molecule has 0 saturated carbocycles. The Morgan fingerprint density at radius 2 is 1.79 bits per heavy atom. The Labute approximate surface area is 118 Å². The van der Waals surface area contributed by atoms with Crippen molar-refractivity contribution in [2.24, 2.45) is 5.84 Å². The molecule has 0 aliphatic heterocycles. The van der Waals surface area contributed by atoms with Gasteiger partial charge in [-0.15, -0.1) is 0 Å². The maximum Gasteiger partial charge on any atom is 0.128 e. The van der Waals surface area contributed by atoms with Crippen LogP contribution in [-0.2, 0) is 0 Å². The third-order valence-corrected chi connectivity index (χ3v) is 3.44. The van der Waals surface area contributed by atoms with E-state index in [0.717, 1.165) is 4.47 Å². The lowest BCUT2D eigenvalue weighted by Gasteiger charge is -2.18. The topological polar surface area (TPSA) is 38.0 Å². The molecule has 0 bridgehead atoms. The highest BCUT2D eigenvalue weighted by atomic mass is 79.9. The van der Waals surface area contributed by atoms with E-state index in [1.165, 1.54) is 12.1 Å². The van der Waals surface area contributed by atoms with Gasteiger partial charge in [0.15, 0.2) is 0 Å². The van der Waals surface area contributed by atoms with Gasteiger partial charge in [-0.2, -0.15) is 0 Å². The van der Waals surface area contributed by atoms with Crippen LogP contribution >= 0.6 is 15.9 Å². The fourth-order valence-corrected chi connectivity index (χ4v) is 2.33. The molecule has 0 aliphatic rings. The van der Waals surface area contributed by atoms with Gasteiger partial charge in [-0.25, -0.2) is 14.2 Å². The Balaban J connectivity index is 2.49. The molecule has 0 fully saturated rings. The fraction of sp³-hybridized carbons (Fsp3) is 0.143. The van der Waals surface area contributed by atoms with Crippen LogP contribution in [0.3, 0.4) is 0 Å². The van der Waals surface area contributed by atoms with Gasteiger partial charge in [-0.1, -0.05) is 28.1 Å². The Hall–Kier alpha value is -1.30. The summed E-state index contributed by atoms with van der Waals surface area (Å²) in [4.78, 5) is 0. The molecule has 0 heterocycles. The smallest absolute Gasteiger partial charge is 0.128 e. The largest absolute Gasteiger partial charge is 0.271 e. The third kappa shape index (κ3) is 3.00. The number of rotatable bonds is 3. The van der Waals surface area contributed by atoms with Crippen LogP contribution in [0, 0.1) is 18.6 Å². The highest BCUT2D eigenvalue weighted by Gasteiger charge is 2.17. The van der Waals surface area contributed by atoms with Crippen LogP contribution in [-0.4, -0.2) is 0 Å². The number of benzene rings is 2. The van der Waals surface area contributed by atoms with Gasteiger partial charge in [0.05, 0.1) is 6.04 Å². The van der Waals surface area contributed by atoms with E-state index in [-0.39, 0.29) is 11.6 Å². The van der Waals surface area contributed by atoms with Crippen molar-refractivity contribution in [3.05, 3.63) is 69.2 Å². The van der Waals surface area contributed by atoms with Gasteiger partial charge in [0, 0.05) is 10.0 Å². The zero-order chi connectivity index (χ0) is 14.0. The van der Waals surface area contributed by atoms with Crippen molar-refractivity contribution in [1.29, 1.82) is 0 Å². The molecule has 0 amide bonds. The van der Waals surface area contributed by atoms with Crippen LogP contribution in [0.15, 0.2) is 40.9 Å². The van der Waals surface area contributed by atoms with Gasteiger partial charge in [-0.05, 0) is 42.3 Å². The zero-order valence-electron chi connectivity index (χ0n) is 10.3. The molecule has 2 aromatic carbocycles. The minimum absolute atomic E-state index is 0.297. The maximum atomic E-state index is 13.9. The van der Waals surface area contributed by atoms with Crippen LogP contribution in [0.1, 0.15) is 22.7 Å². The lowest BCUT2D eigenvalue weighted by atomic mass is 9.97. The van der Waals surface area contributed by atoms with Crippen molar-refractivity contribution in [3.8, 4) is 0 Å². The molecule has 3 N–H and O–H groups in total. The third-order valence-electron chi connectivity index (χ3n) is 2.95. The van der Waals surface area contributed by atoms with E-state index in [0.29, 0.717) is 16.7 Å². The number of nitrogens with one attached hydrogen (secondary N) is 1. The van der Waals surface area contributed by atoms with E-state index in [1.54, 1.807) is 31.2 Å². The molecule has 0 aromatic heterocycles. The zero-order valence-corrected chi connectivity index (χ0v) is 11.8. The summed E-state index contributed by atoms with van der Waals surface area (Å²) >= 11 is 3.30. The van der Waals surface area contributed by atoms with Crippen LogP contribution in [0.5, 0.6) is 0 Å². The Morgan fingerprint density at radius 3 is 2.42 bits per heavy atom. The Bertz CT molecular complexity index is 602. The predicted octanol–water partition coefficient (Wildman–Crippen LogP) is 3.59. The van der Waals surface area contributed by atoms with E-state index in [9.17, 15) is 8.78 Å². The second-order valence-electron chi connectivity index (χ2n) is 4.27. The second kappa shape index (κ2) is 5.77. The summed E-state index contributed by atoms with van der Waals surface area (Å²) in [5.74, 6) is 4.85. The molecule has 0 aliphatic carbocycles. The van der Waals surface area contributed by atoms with Crippen molar-refractivity contribution < 1.29 is 8.78 Å². The van der Waals surface area contributed by atoms with Crippen LogP contribution in [0.25, 0.3) is 0 Å². The summed E-state index contributed by atoms with van der Waals surface area (Å²) in [7, 11) is 0. The van der Waals surface area contributed by atoms with E-state index in [1.807, 2.05) is 0 Å². The minimum Gasteiger partial charge on any atom is -0.271 e. The molecule has 0 spiro atoms. The fourth-order valence-electron chi connectivity index (χ4n) is 1.95. The minimum atomic E-state index is -0.531. The van der Waals surface area contributed by atoms with E-state index in [4.69, 9.17) is 5.84 Å². The predicted molar refractivity (Wildman–Crippen MR) is 74.4 cm³/mol. The van der Waals surface area contributed by atoms with E-state index >= 15 is 0 Å². The van der Waals surface area contributed by atoms with Gasteiger partial charge < -0.3 is 0 Å². The van der Waals surface area contributed by atoms with Gasteiger partial charge in [-0.3, -0.25) is 5.84 Å². The molecule has 1 atom stereocenters. The SMILES string of the molecule is Cc1cc(C(NN)c2cc(Br)ccc2F)ccc1F. The van der Waals surface area contributed by atoms with Gasteiger partial charge in [0.25, 0.3) is 0 Å². The number of hydrogen-bond acceptors (Lipinski definition) is 2. The molecule has 0 radical (unpaired) electrons. The van der Waals surface area contributed by atoms with Crippen molar-refractivity contribution >= 4 is 15.9 Å². The highest BCUT2D eigenvalue weighted by Crippen LogP contribution is 2.27. The monoisotopic (exact) mass is 326 g/mol. The molecule has 2 aromatic rings. The first kappa shape index (κ1) is 14.1. The molecule has 2 rings (SSSR count). The maximum absolute atomic E-state index is 13.9. The van der Waals surface area contributed by atoms with Crippen molar-refractivity contribution in [1.82, 2.24) is 5.43 Å². The lowest BCUT2D eigenvalue weighted by Crippen LogP contribution is -2.29.